The molecule has 0 saturated heterocycles. The van der Waals surface area contributed by atoms with Gasteiger partial charge in [-0.2, -0.15) is 0 Å². The van der Waals surface area contributed by atoms with Crippen LogP contribution in [0.25, 0.3) is 0 Å². The van der Waals surface area contributed by atoms with Gasteiger partial charge in [-0.1, -0.05) is 62.4 Å². The van der Waals surface area contributed by atoms with Gasteiger partial charge >= 0.3 is 0 Å². The van der Waals surface area contributed by atoms with Crippen molar-refractivity contribution < 1.29 is 5.11 Å². The summed E-state index contributed by atoms with van der Waals surface area (Å²) in [6, 6.07) is 9.81. The molecule has 15 heavy (non-hydrogen) atoms. The van der Waals surface area contributed by atoms with E-state index in [2.05, 4.69) is 0 Å². The van der Waals surface area contributed by atoms with E-state index in [1.165, 1.54) is 32.1 Å². The van der Waals surface area contributed by atoms with Crippen LogP contribution >= 0.6 is 0 Å². The van der Waals surface area contributed by atoms with Crippen LogP contribution in [0.5, 0.6) is 0 Å². The Morgan fingerprint density at radius 3 is 2.40 bits per heavy atom. The second kappa shape index (κ2) is 5.32. The molecule has 1 nitrogen and oxygen atoms in total. The van der Waals surface area contributed by atoms with Gasteiger partial charge in [-0.15, -0.1) is 0 Å². The van der Waals surface area contributed by atoms with Crippen LogP contribution in [0.3, 0.4) is 0 Å². The van der Waals surface area contributed by atoms with Crippen molar-refractivity contribution in [1.82, 2.24) is 0 Å². The zero-order chi connectivity index (χ0) is 10.5. The smallest absolute Gasteiger partial charge is 0.118 e. The van der Waals surface area contributed by atoms with Gasteiger partial charge in [0, 0.05) is 0 Å². The molecule has 1 heteroatoms. The maximum Gasteiger partial charge on any atom is 0.118 e. The maximum atomic E-state index is 12.0. The SMILES string of the molecule is [O]C(CC1CCCCC1)c1ccccc1. The standard InChI is InChI=1S/C14H19O/c15-14(13-9-5-2-6-10-13)11-12-7-3-1-4-8-12/h2,5-6,9-10,12,14H,1,3-4,7-8,11H2. The van der Waals surface area contributed by atoms with E-state index in [-0.39, 0.29) is 0 Å². The zero-order valence-electron chi connectivity index (χ0n) is 9.19. The van der Waals surface area contributed by atoms with E-state index in [9.17, 15) is 5.11 Å². The van der Waals surface area contributed by atoms with E-state index in [4.69, 9.17) is 0 Å². The summed E-state index contributed by atoms with van der Waals surface area (Å²) in [6.07, 6.45) is 6.89. The number of benzene rings is 1. The molecule has 2 rings (SSSR count). The van der Waals surface area contributed by atoms with Crippen molar-refractivity contribution in [1.29, 1.82) is 0 Å². The Bertz CT molecular complexity index is 275. The summed E-state index contributed by atoms with van der Waals surface area (Å²) in [4.78, 5) is 0. The van der Waals surface area contributed by atoms with Crippen LogP contribution in [0.2, 0.25) is 0 Å². The van der Waals surface area contributed by atoms with Crippen LogP contribution in [0.1, 0.15) is 50.2 Å². The summed E-state index contributed by atoms with van der Waals surface area (Å²) in [6.45, 7) is 0. The maximum absolute atomic E-state index is 12.0. The third-order valence-corrected chi connectivity index (χ3v) is 3.44. The quantitative estimate of drug-likeness (QED) is 0.704. The highest BCUT2D eigenvalue weighted by Crippen LogP contribution is 2.31. The highest BCUT2D eigenvalue weighted by molar-refractivity contribution is 5.17. The van der Waals surface area contributed by atoms with Gasteiger partial charge in [-0.3, -0.25) is 0 Å². The lowest BCUT2D eigenvalue weighted by molar-refractivity contribution is 0.0590. The minimum absolute atomic E-state index is 0.505. The summed E-state index contributed by atoms with van der Waals surface area (Å²) >= 11 is 0. The van der Waals surface area contributed by atoms with E-state index in [1.54, 1.807) is 0 Å². The Morgan fingerprint density at radius 2 is 1.73 bits per heavy atom. The number of hydrogen-bond acceptors (Lipinski definition) is 0. The molecule has 1 aromatic rings. The lowest BCUT2D eigenvalue weighted by atomic mass is 9.84. The third kappa shape index (κ3) is 3.07. The molecular weight excluding hydrogens is 184 g/mol. The van der Waals surface area contributed by atoms with Crippen LogP contribution < -0.4 is 0 Å². The van der Waals surface area contributed by atoms with Crippen molar-refractivity contribution >= 4 is 0 Å². The Labute approximate surface area is 92.1 Å². The van der Waals surface area contributed by atoms with Crippen LogP contribution in [0.4, 0.5) is 0 Å². The van der Waals surface area contributed by atoms with Gasteiger partial charge in [0.05, 0.1) is 0 Å². The Kier molecular flexibility index (Phi) is 3.79. The van der Waals surface area contributed by atoms with Crippen LogP contribution in [-0.2, 0) is 5.11 Å². The minimum Gasteiger partial charge on any atom is -0.228 e. The van der Waals surface area contributed by atoms with Gasteiger partial charge < -0.3 is 0 Å². The summed E-state index contributed by atoms with van der Waals surface area (Å²) in [5.74, 6) is 0.682. The first-order chi connectivity index (χ1) is 7.36. The van der Waals surface area contributed by atoms with Gasteiger partial charge in [-0.05, 0) is 17.9 Å². The predicted octanol–water partition coefficient (Wildman–Crippen LogP) is 4.13. The van der Waals surface area contributed by atoms with Crippen molar-refractivity contribution in [2.24, 2.45) is 5.92 Å². The largest absolute Gasteiger partial charge is 0.228 e. The summed E-state index contributed by atoms with van der Waals surface area (Å²) in [5, 5.41) is 12.0. The Morgan fingerprint density at radius 1 is 1.07 bits per heavy atom. The van der Waals surface area contributed by atoms with Crippen molar-refractivity contribution in [3.05, 3.63) is 35.9 Å². The van der Waals surface area contributed by atoms with Gasteiger partial charge in [0.1, 0.15) is 6.10 Å². The normalized spacial score (nSPS) is 20.1. The molecule has 1 radical (unpaired) electrons. The highest BCUT2D eigenvalue weighted by atomic mass is 16.3. The van der Waals surface area contributed by atoms with E-state index in [0.717, 1.165) is 12.0 Å². The molecule has 0 N–H and O–H groups in total. The molecule has 0 spiro atoms. The molecule has 1 saturated carbocycles. The van der Waals surface area contributed by atoms with Gasteiger partial charge in [-0.25, -0.2) is 5.11 Å². The van der Waals surface area contributed by atoms with Crippen molar-refractivity contribution in [2.75, 3.05) is 0 Å². The molecule has 0 bridgehead atoms. The topological polar surface area (TPSA) is 19.9 Å². The molecule has 1 fully saturated rings. The van der Waals surface area contributed by atoms with Crippen LogP contribution in [-0.4, -0.2) is 0 Å². The lowest BCUT2D eigenvalue weighted by Crippen LogP contribution is -2.10. The van der Waals surface area contributed by atoms with E-state index < -0.39 is 6.10 Å². The molecule has 0 aromatic heterocycles. The Hall–Kier alpha value is -0.820. The average Bonchev–Trinajstić information content (AvgIpc) is 2.31. The fourth-order valence-electron chi connectivity index (χ4n) is 2.53. The van der Waals surface area contributed by atoms with Crippen LogP contribution in [0, 0.1) is 5.92 Å². The molecule has 1 atom stereocenters. The van der Waals surface area contributed by atoms with Gasteiger partial charge in [0.25, 0.3) is 0 Å². The van der Waals surface area contributed by atoms with Crippen molar-refractivity contribution in [3.8, 4) is 0 Å². The minimum atomic E-state index is -0.505. The second-order valence-electron chi connectivity index (χ2n) is 4.64. The number of rotatable bonds is 3. The first kappa shape index (κ1) is 10.7. The fraction of sp³-hybridized carbons (Fsp3) is 0.571. The molecule has 1 aromatic carbocycles. The first-order valence-electron chi connectivity index (χ1n) is 6.07. The average molecular weight is 203 g/mol. The molecule has 81 valence electrons. The molecule has 1 aliphatic rings. The molecular formula is C14H19O. The summed E-state index contributed by atoms with van der Waals surface area (Å²) in [7, 11) is 0. The third-order valence-electron chi connectivity index (χ3n) is 3.44. The first-order valence-corrected chi connectivity index (χ1v) is 6.07. The second-order valence-corrected chi connectivity index (χ2v) is 4.64. The molecule has 1 aliphatic carbocycles. The summed E-state index contributed by atoms with van der Waals surface area (Å²) < 4.78 is 0. The molecule has 0 amide bonds. The monoisotopic (exact) mass is 203 g/mol. The molecule has 0 heterocycles. The Balaban J connectivity index is 1.88. The van der Waals surface area contributed by atoms with Gasteiger partial charge in [0.15, 0.2) is 0 Å². The lowest BCUT2D eigenvalue weighted by Gasteiger charge is -2.23. The van der Waals surface area contributed by atoms with E-state index in [1.807, 2.05) is 30.3 Å². The summed E-state index contributed by atoms with van der Waals surface area (Å²) in [5.41, 5.74) is 0.961. The van der Waals surface area contributed by atoms with Crippen LogP contribution in [0.15, 0.2) is 30.3 Å². The van der Waals surface area contributed by atoms with Gasteiger partial charge in [0.2, 0.25) is 0 Å². The molecule has 0 aliphatic heterocycles. The van der Waals surface area contributed by atoms with E-state index in [0.29, 0.717) is 5.92 Å². The fourth-order valence-corrected chi connectivity index (χ4v) is 2.53. The van der Waals surface area contributed by atoms with Crippen molar-refractivity contribution in [2.45, 2.75) is 44.6 Å². The predicted molar refractivity (Wildman–Crippen MR) is 61.1 cm³/mol. The van der Waals surface area contributed by atoms with Crippen molar-refractivity contribution in [3.63, 3.8) is 0 Å². The zero-order valence-corrected chi connectivity index (χ0v) is 9.19. The van der Waals surface area contributed by atoms with E-state index >= 15 is 0 Å². The number of hydrogen-bond donors (Lipinski definition) is 0. The molecule has 1 unspecified atom stereocenters. The highest BCUT2D eigenvalue weighted by Gasteiger charge is 2.19.